The van der Waals surface area contributed by atoms with Gasteiger partial charge >= 0.3 is 6.61 Å². The molecule has 1 amide bonds. The summed E-state index contributed by atoms with van der Waals surface area (Å²) in [5, 5.41) is 15.4. The number of ether oxygens (including phenoxy) is 2. The SMILES string of the molecule is C[C@@]1(c2cccc(Nc3ccc(OC(F)F)nc3)c2Cl)CC(=O)N(C2CC3CCC(C2)O3)C(=N)N1. The molecule has 186 valence electrons. The van der Waals surface area contributed by atoms with Crippen LogP contribution in [0.25, 0.3) is 0 Å². The summed E-state index contributed by atoms with van der Waals surface area (Å²) in [6.45, 7) is -1.09. The third-order valence-corrected chi connectivity index (χ3v) is 7.26. The van der Waals surface area contributed by atoms with Crippen LogP contribution in [0.1, 0.15) is 44.6 Å². The normalized spacial score (nSPS) is 28.3. The summed E-state index contributed by atoms with van der Waals surface area (Å²) < 4.78 is 34.9. The van der Waals surface area contributed by atoms with Crippen LogP contribution in [0, 0.1) is 5.41 Å². The summed E-state index contributed by atoms with van der Waals surface area (Å²) >= 11 is 6.75. The summed E-state index contributed by atoms with van der Waals surface area (Å²) in [5.74, 6) is -0.234. The Balaban J connectivity index is 1.33. The molecule has 0 aliphatic carbocycles. The van der Waals surface area contributed by atoms with Crippen LogP contribution in [0.2, 0.25) is 5.02 Å². The van der Waals surface area contributed by atoms with E-state index in [2.05, 4.69) is 20.4 Å². The number of hydrogen-bond acceptors (Lipinski definition) is 6. The number of fused-ring (bicyclic) bond motifs is 2. The lowest BCUT2D eigenvalue weighted by Crippen LogP contribution is -2.63. The monoisotopic (exact) mass is 505 g/mol. The maximum atomic E-state index is 13.3. The number of nitrogens with zero attached hydrogens (tertiary/aromatic N) is 2. The number of halogens is 3. The molecular formula is C24H26ClF2N5O3. The topological polar surface area (TPSA) is 99.6 Å². The zero-order chi connectivity index (χ0) is 24.7. The van der Waals surface area contributed by atoms with Gasteiger partial charge in [-0.2, -0.15) is 8.78 Å². The highest BCUT2D eigenvalue weighted by Crippen LogP contribution is 2.41. The van der Waals surface area contributed by atoms with Crippen molar-refractivity contribution in [3.8, 4) is 5.88 Å². The first kappa shape index (κ1) is 23.7. The van der Waals surface area contributed by atoms with Crippen molar-refractivity contribution in [2.24, 2.45) is 0 Å². The van der Waals surface area contributed by atoms with E-state index in [1.807, 2.05) is 13.0 Å². The number of carbonyl (C=O) groups excluding carboxylic acids is 1. The average molecular weight is 506 g/mol. The maximum absolute atomic E-state index is 13.3. The minimum Gasteiger partial charge on any atom is -0.417 e. The fourth-order valence-electron chi connectivity index (χ4n) is 5.29. The van der Waals surface area contributed by atoms with E-state index in [0.717, 1.165) is 25.7 Å². The fraction of sp³-hybridized carbons (Fsp3) is 0.458. The molecule has 3 aliphatic rings. The van der Waals surface area contributed by atoms with Gasteiger partial charge in [0, 0.05) is 12.1 Å². The summed E-state index contributed by atoms with van der Waals surface area (Å²) in [6.07, 6.45) is 5.34. The highest BCUT2D eigenvalue weighted by molar-refractivity contribution is 6.34. The number of amides is 1. The molecule has 11 heteroatoms. The molecule has 0 saturated carbocycles. The van der Waals surface area contributed by atoms with Crippen molar-refractivity contribution < 1.29 is 23.0 Å². The molecule has 2 aromatic rings. The molecule has 0 spiro atoms. The van der Waals surface area contributed by atoms with Gasteiger partial charge in [-0.05, 0) is 50.3 Å². The number of benzene rings is 1. The highest BCUT2D eigenvalue weighted by Gasteiger charge is 2.46. The quantitative estimate of drug-likeness (QED) is 0.523. The van der Waals surface area contributed by atoms with Crippen molar-refractivity contribution in [3.05, 3.63) is 47.1 Å². The standard InChI is InChI=1S/C24H26ClF2N5O3/c1-24(11-20(33)32(23(28)31-24)14-9-15-6-7-16(10-14)34-15)17-3-2-4-18(21(17)25)30-13-5-8-19(29-12-13)35-22(26)27/h2-5,8,12,14-16,22,30H,6-7,9-11H2,1H3,(H2,28,31)/t14?,15?,16?,24-/m0/s1. The van der Waals surface area contributed by atoms with Crippen LogP contribution in [0.4, 0.5) is 20.2 Å². The smallest absolute Gasteiger partial charge is 0.388 e. The summed E-state index contributed by atoms with van der Waals surface area (Å²) in [7, 11) is 0. The van der Waals surface area contributed by atoms with E-state index >= 15 is 0 Å². The van der Waals surface area contributed by atoms with Crippen LogP contribution in [0.15, 0.2) is 36.5 Å². The van der Waals surface area contributed by atoms with Crippen molar-refractivity contribution in [2.75, 3.05) is 5.32 Å². The fourth-order valence-corrected chi connectivity index (χ4v) is 5.67. The summed E-state index contributed by atoms with van der Waals surface area (Å²) in [4.78, 5) is 18.7. The lowest BCUT2D eigenvalue weighted by molar-refractivity contribution is -0.135. The van der Waals surface area contributed by atoms with E-state index in [1.54, 1.807) is 23.1 Å². The van der Waals surface area contributed by atoms with Crippen molar-refractivity contribution in [1.29, 1.82) is 5.41 Å². The van der Waals surface area contributed by atoms with E-state index in [0.29, 0.717) is 22.0 Å². The Bertz CT molecular complexity index is 1100. The van der Waals surface area contributed by atoms with E-state index in [4.69, 9.17) is 21.7 Å². The lowest BCUT2D eigenvalue weighted by atomic mass is 9.85. The van der Waals surface area contributed by atoms with E-state index in [1.165, 1.54) is 12.3 Å². The minimum absolute atomic E-state index is 0.0358. The van der Waals surface area contributed by atoms with Crippen molar-refractivity contribution in [3.63, 3.8) is 0 Å². The molecule has 0 radical (unpaired) electrons. The van der Waals surface area contributed by atoms with Gasteiger partial charge < -0.3 is 20.1 Å². The van der Waals surface area contributed by atoms with Crippen LogP contribution in [-0.4, -0.2) is 46.6 Å². The van der Waals surface area contributed by atoms with E-state index < -0.39 is 12.2 Å². The number of nitrogens with one attached hydrogen (secondary N) is 3. The predicted molar refractivity (Wildman–Crippen MR) is 126 cm³/mol. The molecule has 8 nitrogen and oxygen atoms in total. The van der Waals surface area contributed by atoms with Crippen LogP contribution >= 0.6 is 11.6 Å². The van der Waals surface area contributed by atoms with Crippen molar-refractivity contribution in [1.82, 2.24) is 15.2 Å². The van der Waals surface area contributed by atoms with Gasteiger partial charge in [0.1, 0.15) is 0 Å². The molecule has 2 unspecified atom stereocenters. The molecule has 3 saturated heterocycles. The van der Waals surface area contributed by atoms with Gasteiger partial charge in [0.25, 0.3) is 0 Å². The number of aromatic nitrogens is 1. The first-order valence-corrected chi connectivity index (χ1v) is 11.9. The number of hydrogen-bond donors (Lipinski definition) is 3. The number of rotatable bonds is 6. The molecule has 5 rings (SSSR count). The third kappa shape index (κ3) is 4.77. The van der Waals surface area contributed by atoms with Gasteiger partial charge in [0.05, 0.1) is 46.8 Å². The molecular weight excluding hydrogens is 480 g/mol. The lowest BCUT2D eigenvalue weighted by Gasteiger charge is -2.45. The number of carbonyl (C=O) groups is 1. The first-order valence-electron chi connectivity index (χ1n) is 11.5. The van der Waals surface area contributed by atoms with Crippen LogP contribution < -0.4 is 15.4 Å². The minimum atomic E-state index is -2.95. The van der Waals surface area contributed by atoms with Gasteiger partial charge in [0.2, 0.25) is 11.8 Å². The largest absolute Gasteiger partial charge is 0.417 e. The van der Waals surface area contributed by atoms with Gasteiger partial charge in [-0.15, -0.1) is 0 Å². The Morgan fingerprint density at radius 2 is 2.03 bits per heavy atom. The molecule has 3 fully saturated rings. The molecule has 1 aromatic heterocycles. The van der Waals surface area contributed by atoms with Crippen molar-refractivity contribution in [2.45, 2.75) is 69.4 Å². The molecule has 3 N–H and O–H groups in total. The number of pyridine rings is 1. The first-order chi connectivity index (χ1) is 16.7. The van der Waals surface area contributed by atoms with E-state index in [-0.39, 0.29) is 42.4 Å². The Kier molecular flexibility index (Phi) is 6.27. The highest BCUT2D eigenvalue weighted by atomic mass is 35.5. The summed E-state index contributed by atoms with van der Waals surface area (Å²) in [5.41, 5.74) is 0.867. The molecule has 35 heavy (non-hydrogen) atoms. The maximum Gasteiger partial charge on any atom is 0.388 e. The second kappa shape index (κ2) is 9.23. The third-order valence-electron chi connectivity index (χ3n) is 6.86. The Morgan fingerprint density at radius 3 is 2.66 bits per heavy atom. The van der Waals surface area contributed by atoms with Crippen LogP contribution in [0.5, 0.6) is 5.88 Å². The van der Waals surface area contributed by atoms with Crippen molar-refractivity contribution >= 4 is 34.8 Å². The Labute approximate surface area is 206 Å². The molecule has 1 aromatic carbocycles. The van der Waals surface area contributed by atoms with Gasteiger partial charge in [-0.25, -0.2) is 4.98 Å². The van der Waals surface area contributed by atoms with Gasteiger partial charge in [-0.3, -0.25) is 15.1 Å². The Morgan fingerprint density at radius 1 is 1.29 bits per heavy atom. The average Bonchev–Trinajstić information content (AvgIpc) is 3.13. The van der Waals surface area contributed by atoms with E-state index in [9.17, 15) is 13.6 Å². The zero-order valence-electron chi connectivity index (χ0n) is 19.1. The Hall–Kier alpha value is -2.98. The molecule has 4 heterocycles. The molecule has 3 atom stereocenters. The second-order valence-electron chi connectivity index (χ2n) is 9.38. The number of alkyl halides is 2. The number of guanidine groups is 1. The molecule has 3 aliphatic heterocycles. The molecule has 2 bridgehead atoms. The van der Waals surface area contributed by atoms with Gasteiger partial charge in [0.15, 0.2) is 5.96 Å². The zero-order valence-corrected chi connectivity index (χ0v) is 19.8. The van der Waals surface area contributed by atoms with Crippen LogP contribution in [0.3, 0.4) is 0 Å². The van der Waals surface area contributed by atoms with Crippen LogP contribution in [-0.2, 0) is 15.1 Å². The summed E-state index contributed by atoms with van der Waals surface area (Å²) in [6, 6.07) is 8.22. The number of anilines is 2. The predicted octanol–water partition coefficient (Wildman–Crippen LogP) is 4.76. The van der Waals surface area contributed by atoms with Gasteiger partial charge in [-0.1, -0.05) is 23.7 Å². The second-order valence-corrected chi connectivity index (χ2v) is 9.76.